The first-order valence-corrected chi connectivity index (χ1v) is 10.0. The molecule has 0 spiro atoms. The maximum absolute atomic E-state index is 13.9. The number of para-hydroxylation sites is 1. The monoisotopic (exact) mass is 438 g/mol. The van der Waals surface area contributed by atoms with Crippen LogP contribution in [0.5, 0.6) is 11.5 Å². The van der Waals surface area contributed by atoms with Crippen LogP contribution in [0.2, 0.25) is 0 Å². The van der Waals surface area contributed by atoms with E-state index in [1.54, 1.807) is 18.5 Å². The summed E-state index contributed by atoms with van der Waals surface area (Å²) in [6.45, 7) is 0. The van der Waals surface area contributed by atoms with Gasteiger partial charge in [-0.3, -0.25) is 15.1 Å². The van der Waals surface area contributed by atoms with Crippen molar-refractivity contribution in [3.05, 3.63) is 72.9 Å². The number of phenolic OH excluding ortho intramolecular Hbond substituents is 1. The number of aromatic hydroxyl groups is 2. The summed E-state index contributed by atoms with van der Waals surface area (Å²) in [5.74, 6) is -0.111. The van der Waals surface area contributed by atoms with Crippen LogP contribution in [-0.2, 0) is 0 Å². The fourth-order valence-electron chi connectivity index (χ4n) is 3.93. The molecule has 8 nitrogen and oxygen atoms in total. The van der Waals surface area contributed by atoms with E-state index in [1.807, 2.05) is 24.3 Å². The van der Waals surface area contributed by atoms with Crippen molar-refractivity contribution in [2.24, 2.45) is 0 Å². The van der Waals surface area contributed by atoms with E-state index in [9.17, 15) is 14.6 Å². The number of aromatic amines is 2. The second-order valence-corrected chi connectivity index (χ2v) is 7.60. The van der Waals surface area contributed by atoms with Crippen LogP contribution in [0.3, 0.4) is 0 Å². The predicted octanol–water partition coefficient (Wildman–Crippen LogP) is 4.78. The number of halogens is 1. The number of phenols is 1. The molecule has 0 fully saturated rings. The molecule has 0 amide bonds. The van der Waals surface area contributed by atoms with E-state index in [-0.39, 0.29) is 11.5 Å². The Kier molecular flexibility index (Phi) is 4.09. The average molecular weight is 438 g/mol. The van der Waals surface area contributed by atoms with E-state index >= 15 is 0 Å². The third-order valence-electron chi connectivity index (χ3n) is 5.40. The Morgan fingerprint density at radius 1 is 0.848 bits per heavy atom. The standard InChI is InChI=1S/C24H15FN6O2/c25-14-4-12(5-15(32)7-14)17-2-1-3-19-22(17)29-24(28-19)23-18-8-20(27-11-21(18)30-31-23)13-6-16(33)10-26-9-13/h1-11,32-33H,(H,28,29)(H,30,31). The lowest BCUT2D eigenvalue weighted by atomic mass is 10.0. The number of aromatic nitrogens is 6. The van der Waals surface area contributed by atoms with Crippen molar-refractivity contribution in [2.75, 3.05) is 0 Å². The lowest BCUT2D eigenvalue weighted by Gasteiger charge is -2.04. The lowest BCUT2D eigenvalue weighted by Crippen LogP contribution is -1.86. The highest BCUT2D eigenvalue weighted by atomic mass is 19.1. The van der Waals surface area contributed by atoms with Gasteiger partial charge in [0.25, 0.3) is 0 Å². The Balaban J connectivity index is 1.51. The Morgan fingerprint density at radius 3 is 2.58 bits per heavy atom. The number of hydrogen-bond donors (Lipinski definition) is 4. The summed E-state index contributed by atoms with van der Waals surface area (Å²) in [5, 5.41) is 27.7. The summed E-state index contributed by atoms with van der Waals surface area (Å²) in [6, 6.07) is 12.9. The molecule has 0 radical (unpaired) electrons. The SMILES string of the molecule is Oc1cncc(-c2cc3c(-c4nc5c(-c6cc(O)cc(F)c6)cccc5[nH]4)n[nH]c3cn2)c1. The molecule has 33 heavy (non-hydrogen) atoms. The summed E-state index contributed by atoms with van der Waals surface area (Å²) in [6.07, 6.45) is 4.64. The van der Waals surface area contributed by atoms with Gasteiger partial charge < -0.3 is 15.2 Å². The van der Waals surface area contributed by atoms with E-state index in [1.165, 1.54) is 18.3 Å². The summed E-state index contributed by atoms with van der Waals surface area (Å²) < 4.78 is 13.9. The van der Waals surface area contributed by atoms with Crippen LogP contribution >= 0.6 is 0 Å². The zero-order valence-corrected chi connectivity index (χ0v) is 16.9. The van der Waals surface area contributed by atoms with Crippen LogP contribution in [0.25, 0.3) is 55.8 Å². The largest absolute Gasteiger partial charge is 0.508 e. The summed E-state index contributed by atoms with van der Waals surface area (Å²) in [4.78, 5) is 16.5. The third-order valence-corrected chi connectivity index (χ3v) is 5.40. The van der Waals surface area contributed by atoms with Crippen molar-refractivity contribution in [3.63, 3.8) is 0 Å². The second kappa shape index (κ2) is 7.13. The molecule has 0 aliphatic heterocycles. The zero-order chi connectivity index (χ0) is 22.5. The number of H-pyrrole nitrogens is 2. The van der Waals surface area contributed by atoms with Gasteiger partial charge in [-0.25, -0.2) is 9.37 Å². The number of hydrogen-bond acceptors (Lipinski definition) is 6. The van der Waals surface area contributed by atoms with E-state index in [0.29, 0.717) is 39.4 Å². The maximum Gasteiger partial charge on any atom is 0.159 e. The number of nitrogens with zero attached hydrogens (tertiary/aromatic N) is 4. The maximum atomic E-state index is 13.9. The Labute approximate surface area is 185 Å². The normalized spacial score (nSPS) is 11.4. The molecule has 0 bridgehead atoms. The van der Waals surface area contributed by atoms with Gasteiger partial charge in [-0.1, -0.05) is 12.1 Å². The molecule has 9 heteroatoms. The molecule has 4 heterocycles. The van der Waals surface area contributed by atoms with Gasteiger partial charge >= 0.3 is 0 Å². The van der Waals surface area contributed by atoms with Crippen LogP contribution in [-0.4, -0.2) is 40.3 Å². The van der Waals surface area contributed by atoms with Gasteiger partial charge in [-0.05, 0) is 35.9 Å². The molecule has 0 saturated heterocycles. The van der Waals surface area contributed by atoms with Gasteiger partial charge in [0.2, 0.25) is 0 Å². The minimum absolute atomic E-state index is 0.0509. The van der Waals surface area contributed by atoms with Crippen LogP contribution < -0.4 is 0 Å². The van der Waals surface area contributed by atoms with Crippen LogP contribution in [0.15, 0.2) is 67.1 Å². The molecule has 160 valence electrons. The Hall–Kier alpha value is -4.79. The van der Waals surface area contributed by atoms with Crippen molar-refractivity contribution in [1.29, 1.82) is 0 Å². The molecular formula is C24H15FN6O2. The van der Waals surface area contributed by atoms with Crippen LogP contribution in [0.1, 0.15) is 0 Å². The molecule has 6 rings (SSSR count). The van der Waals surface area contributed by atoms with Crippen molar-refractivity contribution >= 4 is 21.9 Å². The fourth-order valence-corrected chi connectivity index (χ4v) is 3.93. The molecule has 0 saturated carbocycles. The second-order valence-electron chi connectivity index (χ2n) is 7.60. The van der Waals surface area contributed by atoms with Gasteiger partial charge in [0.1, 0.15) is 23.0 Å². The first-order chi connectivity index (χ1) is 16.0. The van der Waals surface area contributed by atoms with Gasteiger partial charge in [0.05, 0.1) is 34.6 Å². The first kappa shape index (κ1) is 18.9. The van der Waals surface area contributed by atoms with Gasteiger partial charge in [-0.15, -0.1) is 0 Å². The summed E-state index contributed by atoms with van der Waals surface area (Å²) in [7, 11) is 0. The molecule has 0 aliphatic carbocycles. The van der Waals surface area contributed by atoms with Crippen molar-refractivity contribution in [2.45, 2.75) is 0 Å². The molecule has 0 unspecified atom stereocenters. The summed E-state index contributed by atoms with van der Waals surface area (Å²) in [5.41, 5.74) is 5.17. The average Bonchev–Trinajstić information content (AvgIpc) is 3.41. The Morgan fingerprint density at radius 2 is 1.73 bits per heavy atom. The molecular weight excluding hydrogens is 423 g/mol. The lowest BCUT2D eigenvalue weighted by molar-refractivity contribution is 0.469. The fraction of sp³-hybridized carbons (Fsp3) is 0. The van der Waals surface area contributed by atoms with E-state index < -0.39 is 5.82 Å². The highest BCUT2D eigenvalue weighted by molar-refractivity contribution is 5.97. The number of rotatable bonds is 3. The quantitative estimate of drug-likeness (QED) is 0.315. The number of fused-ring (bicyclic) bond motifs is 2. The van der Waals surface area contributed by atoms with E-state index in [2.05, 4.69) is 25.1 Å². The Bertz CT molecular complexity index is 1650. The van der Waals surface area contributed by atoms with Gasteiger partial charge in [0, 0.05) is 28.8 Å². The van der Waals surface area contributed by atoms with E-state index in [0.717, 1.165) is 22.5 Å². The highest BCUT2D eigenvalue weighted by Gasteiger charge is 2.17. The van der Waals surface area contributed by atoms with Crippen molar-refractivity contribution in [1.82, 2.24) is 30.1 Å². The van der Waals surface area contributed by atoms with Crippen molar-refractivity contribution in [3.8, 4) is 45.4 Å². The highest BCUT2D eigenvalue weighted by Crippen LogP contribution is 2.34. The number of pyridine rings is 2. The number of imidazole rings is 1. The minimum Gasteiger partial charge on any atom is -0.508 e. The molecule has 4 aromatic heterocycles. The molecule has 4 N–H and O–H groups in total. The molecule has 6 aromatic rings. The molecule has 2 aromatic carbocycles. The third kappa shape index (κ3) is 3.23. The zero-order valence-electron chi connectivity index (χ0n) is 16.9. The van der Waals surface area contributed by atoms with Crippen molar-refractivity contribution < 1.29 is 14.6 Å². The topological polar surface area (TPSA) is 124 Å². The summed E-state index contributed by atoms with van der Waals surface area (Å²) >= 11 is 0. The van der Waals surface area contributed by atoms with Gasteiger partial charge in [-0.2, -0.15) is 5.10 Å². The van der Waals surface area contributed by atoms with E-state index in [4.69, 9.17) is 4.98 Å². The van der Waals surface area contributed by atoms with Crippen LogP contribution in [0.4, 0.5) is 4.39 Å². The number of benzene rings is 2. The van der Waals surface area contributed by atoms with Gasteiger partial charge in [0.15, 0.2) is 5.82 Å². The molecule has 0 aliphatic rings. The first-order valence-electron chi connectivity index (χ1n) is 10.0. The minimum atomic E-state index is -0.530. The predicted molar refractivity (Wildman–Crippen MR) is 121 cm³/mol. The van der Waals surface area contributed by atoms with Crippen LogP contribution in [0, 0.1) is 5.82 Å². The molecule has 0 atom stereocenters. The number of nitrogens with one attached hydrogen (secondary N) is 2. The smallest absolute Gasteiger partial charge is 0.159 e.